The lowest BCUT2D eigenvalue weighted by Gasteiger charge is -2.42. The first-order valence-corrected chi connectivity index (χ1v) is 14.3. The Morgan fingerprint density at radius 2 is 1.88 bits per heavy atom. The molecule has 0 unspecified atom stereocenters. The molecule has 34 heavy (non-hydrogen) atoms. The summed E-state index contributed by atoms with van der Waals surface area (Å²) in [6, 6.07) is 9.98. The summed E-state index contributed by atoms with van der Waals surface area (Å²) in [5.41, 5.74) is -1.80. The van der Waals surface area contributed by atoms with Crippen LogP contribution in [0.15, 0.2) is 52.2 Å². The molecule has 2 aliphatic heterocycles. The Hall–Kier alpha value is -2.53. The standard InChI is InChI=1S/C24H32N2O7Si/c1-15(31-21(28)16-10-8-7-9-11-16)24-14-30-18(19(24)33-34(5,6)23(2,3)4)20(32-24)26-13-12-17(27)25-22(26)29/h7-13,15,18-20H,14H2,1-6H3,(H,25,27,29)/t15-,18+,19-,20+,24+/m0/s1. The van der Waals surface area contributed by atoms with Crippen molar-refractivity contribution in [3.05, 3.63) is 69.0 Å². The van der Waals surface area contributed by atoms with Gasteiger partial charge in [0.2, 0.25) is 0 Å². The van der Waals surface area contributed by atoms with Gasteiger partial charge in [-0.3, -0.25) is 14.3 Å². The molecule has 5 atom stereocenters. The molecular formula is C24H32N2O7Si. The summed E-state index contributed by atoms with van der Waals surface area (Å²) < 4.78 is 26.5. The zero-order chi connectivity index (χ0) is 24.9. The molecule has 0 amide bonds. The number of ether oxygens (including phenoxy) is 3. The predicted octanol–water partition coefficient (Wildman–Crippen LogP) is 2.84. The summed E-state index contributed by atoms with van der Waals surface area (Å²) in [6.07, 6.45) is -1.38. The number of hydrogen-bond donors (Lipinski definition) is 1. The van der Waals surface area contributed by atoms with Crippen LogP contribution in [0.1, 0.15) is 44.3 Å². The summed E-state index contributed by atoms with van der Waals surface area (Å²) in [6.45, 7) is 12.6. The minimum Gasteiger partial charge on any atom is -0.456 e. The van der Waals surface area contributed by atoms with Gasteiger partial charge in [-0.05, 0) is 37.2 Å². The van der Waals surface area contributed by atoms with E-state index in [9.17, 15) is 14.4 Å². The van der Waals surface area contributed by atoms with Crippen molar-refractivity contribution in [1.29, 1.82) is 0 Å². The number of carbonyl (C=O) groups is 1. The van der Waals surface area contributed by atoms with Gasteiger partial charge in [-0.15, -0.1) is 0 Å². The molecule has 10 heteroatoms. The fourth-order valence-corrected chi connectivity index (χ4v) is 5.47. The highest BCUT2D eigenvalue weighted by Crippen LogP contribution is 2.51. The monoisotopic (exact) mass is 488 g/mol. The number of hydrogen-bond acceptors (Lipinski definition) is 7. The molecule has 2 aromatic rings. The van der Waals surface area contributed by atoms with Crippen molar-refractivity contribution in [2.45, 2.75) is 76.0 Å². The van der Waals surface area contributed by atoms with Gasteiger partial charge in [-0.25, -0.2) is 9.59 Å². The van der Waals surface area contributed by atoms with Gasteiger partial charge in [0.05, 0.1) is 12.2 Å². The topological polar surface area (TPSA) is 109 Å². The van der Waals surface area contributed by atoms with Crippen molar-refractivity contribution in [2.75, 3.05) is 6.61 Å². The SMILES string of the molecule is C[C@H](OC(=O)c1ccccc1)[C@@]12CO[C@@H]([C@H](n3ccc(=O)[nH]c3=O)O1)[C@@H]2O[Si](C)(C)C(C)(C)C. The number of benzene rings is 1. The van der Waals surface area contributed by atoms with E-state index < -0.39 is 55.7 Å². The molecule has 2 aliphatic rings. The van der Waals surface area contributed by atoms with Crippen molar-refractivity contribution in [1.82, 2.24) is 9.55 Å². The molecule has 4 rings (SSSR count). The molecule has 0 saturated carbocycles. The van der Waals surface area contributed by atoms with Crippen molar-refractivity contribution in [3.8, 4) is 0 Å². The van der Waals surface area contributed by atoms with Crippen LogP contribution in [0.3, 0.4) is 0 Å². The molecule has 1 aromatic carbocycles. The first-order valence-electron chi connectivity index (χ1n) is 11.4. The average molecular weight is 489 g/mol. The highest BCUT2D eigenvalue weighted by Gasteiger charge is 2.67. The van der Waals surface area contributed by atoms with Gasteiger partial charge < -0.3 is 18.6 Å². The van der Waals surface area contributed by atoms with Crippen molar-refractivity contribution in [3.63, 3.8) is 0 Å². The Labute approximate surface area is 199 Å². The molecule has 1 N–H and O–H groups in total. The molecule has 9 nitrogen and oxygen atoms in total. The van der Waals surface area contributed by atoms with Crippen LogP contribution in [0.4, 0.5) is 0 Å². The predicted molar refractivity (Wildman–Crippen MR) is 127 cm³/mol. The van der Waals surface area contributed by atoms with Crippen LogP contribution in [-0.4, -0.2) is 54.4 Å². The van der Waals surface area contributed by atoms with Crippen LogP contribution in [-0.2, 0) is 18.6 Å². The van der Waals surface area contributed by atoms with E-state index in [-0.39, 0.29) is 11.6 Å². The molecule has 0 spiro atoms. The molecule has 2 fully saturated rings. The number of nitrogens with one attached hydrogen (secondary N) is 1. The third-order valence-corrected chi connectivity index (χ3v) is 11.7. The number of aromatic nitrogens is 2. The maximum Gasteiger partial charge on any atom is 0.338 e. The average Bonchev–Trinajstić information content (AvgIpc) is 3.26. The van der Waals surface area contributed by atoms with Gasteiger partial charge in [0.1, 0.15) is 18.3 Å². The van der Waals surface area contributed by atoms with Crippen LogP contribution in [0.2, 0.25) is 18.1 Å². The maximum atomic E-state index is 12.8. The smallest absolute Gasteiger partial charge is 0.338 e. The molecule has 2 saturated heterocycles. The van der Waals surface area contributed by atoms with E-state index in [1.54, 1.807) is 31.2 Å². The molecule has 1 aromatic heterocycles. The lowest BCUT2D eigenvalue weighted by atomic mass is 9.93. The second-order valence-corrected chi connectivity index (χ2v) is 15.2. The Bertz CT molecular complexity index is 1170. The largest absolute Gasteiger partial charge is 0.456 e. The number of H-pyrrole nitrogens is 1. The second-order valence-electron chi connectivity index (χ2n) is 10.5. The number of carbonyl (C=O) groups excluding carboxylic acids is 1. The van der Waals surface area contributed by atoms with Crippen molar-refractivity contribution >= 4 is 14.3 Å². The van der Waals surface area contributed by atoms with Gasteiger partial charge in [0.15, 0.2) is 20.1 Å². The quantitative estimate of drug-likeness (QED) is 0.492. The van der Waals surface area contributed by atoms with Crippen LogP contribution in [0.5, 0.6) is 0 Å². The van der Waals surface area contributed by atoms with Gasteiger partial charge in [0.25, 0.3) is 5.56 Å². The zero-order valence-corrected chi connectivity index (χ0v) is 21.4. The molecule has 3 heterocycles. The summed E-state index contributed by atoms with van der Waals surface area (Å²) in [5.74, 6) is -0.481. The van der Waals surface area contributed by atoms with Gasteiger partial charge >= 0.3 is 11.7 Å². The highest BCUT2D eigenvalue weighted by atomic mass is 28.4. The van der Waals surface area contributed by atoms with E-state index in [1.807, 2.05) is 6.07 Å². The Morgan fingerprint density at radius 1 is 1.21 bits per heavy atom. The van der Waals surface area contributed by atoms with E-state index in [0.717, 1.165) is 0 Å². The molecule has 0 radical (unpaired) electrons. The van der Waals surface area contributed by atoms with Crippen LogP contribution < -0.4 is 11.2 Å². The third-order valence-electron chi connectivity index (χ3n) is 7.24. The van der Waals surface area contributed by atoms with Crippen LogP contribution >= 0.6 is 0 Å². The first kappa shape index (κ1) is 24.6. The minimum atomic E-state index is -2.31. The van der Waals surface area contributed by atoms with E-state index in [4.69, 9.17) is 18.6 Å². The zero-order valence-electron chi connectivity index (χ0n) is 20.4. The van der Waals surface area contributed by atoms with Gasteiger partial charge in [-0.2, -0.15) is 0 Å². The normalized spacial score (nSPS) is 27.5. The molecule has 2 bridgehead atoms. The molecule has 0 aliphatic carbocycles. The number of fused-ring (bicyclic) bond motifs is 2. The fraction of sp³-hybridized carbons (Fsp3) is 0.542. The second kappa shape index (κ2) is 8.60. The fourth-order valence-electron chi connectivity index (χ4n) is 4.15. The Kier molecular flexibility index (Phi) is 6.22. The Balaban J connectivity index is 1.70. The maximum absolute atomic E-state index is 12.8. The summed E-state index contributed by atoms with van der Waals surface area (Å²) in [7, 11) is -2.31. The van der Waals surface area contributed by atoms with Crippen molar-refractivity contribution < 1.29 is 23.4 Å². The summed E-state index contributed by atoms with van der Waals surface area (Å²) in [4.78, 5) is 39.2. The van der Waals surface area contributed by atoms with Crippen molar-refractivity contribution in [2.24, 2.45) is 0 Å². The van der Waals surface area contributed by atoms with Gasteiger partial charge in [-0.1, -0.05) is 39.0 Å². The lowest BCUT2D eigenvalue weighted by molar-refractivity contribution is -0.206. The lowest BCUT2D eigenvalue weighted by Crippen LogP contribution is -2.56. The van der Waals surface area contributed by atoms with E-state index in [0.29, 0.717) is 5.56 Å². The number of rotatable bonds is 6. The number of aromatic amines is 1. The highest BCUT2D eigenvalue weighted by molar-refractivity contribution is 6.74. The van der Waals surface area contributed by atoms with E-state index in [1.165, 1.54) is 16.8 Å². The summed E-state index contributed by atoms with van der Waals surface area (Å²) in [5, 5.41) is -0.0928. The van der Waals surface area contributed by atoms with Crippen LogP contribution in [0, 0.1) is 0 Å². The molecular weight excluding hydrogens is 456 g/mol. The first-order chi connectivity index (χ1) is 15.9. The van der Waals surface area contributed by atoms with Crippen LogP contribution in [0.25, 0.3) is 0 Å². The Morgan fingerprint density at radius 3 is 2.50 bits per heavy atom. The van der Waals surface area contributed by atoms with E-state index in [2.05, 4.69) is 38.8 Å². The molecule has 184 valence electrons. The van der Waals surface area contributed by atoms with Gasteiger partial charge in [0, 0.05) is 12.3 Å². The number of esters is 1. The number of nitrogens with zero attached hydrogens (tertiary/aromatic N) is 1. The minimum absolute atomic E-state index is 0.0928. The van der Waals surface area contributed by atoms with E-state index >= 15 is 0 Å². The third kappa shape index (κ3) is 4.19. The summed E-state index contributed by atoms with van der Waals surface area (Å²) >= 11 is 0.